The lowest BCUT2D eigenvalue weighted by Gasteiger charge is -2.11. The number of carbonyl (C=O) groups excluding carboxylic acids is 1. The van der Waals surface area contributed by atoms with Crippen LogP contribution < -0.4 is 11.1 Å². The quantitative estimate of drug-likeness (QED) is 0.764. The molecule has 0 radical (unpaired) electrons. The molecule has 1 unspecified atom stereocenters. The molecule has 15 heavy (non-hydrogen) atoms. The van der Waals surface area contributed by atoms with E-state index in [0.29, 0.717) is 6.42 Å². The van der Waals surface area contributed by atoms with Crippen LogP contribution in [0.25, 0.3) is 0 Å². The van der Waals surface area contributed by atoms with Crippen molar-refractivity contribution in [1.29, 1.82) is 0 Å². The SMILES string of the molecule is Cc1cc2c(c(CC(C)N)c1)NC(=O)C2. The molecule has 1 atom stereocenters. The van der Waals surface area contributed by atoms with E-state index in [4.69, 9.17) is 5.73 Å². The molecule has 0 spiro atoms. The van der Waals surface area contributed by atoms with Gasteiger partial charge in [0.2, 0.25) is 5.91 Å². The van der Waals surface area contributed by atoms with E-state index >= 15 is 0 Å². The van der Waals surface area contributed by atoms with E-state index in [-0.39, 0.29) is 11.9 Å². The van der Waals surface area contributed by atoms with Crippen LogP contribution in [0.4, 0.5) is 5.69 Å². The van der Waals surface area contributed by atoms with Gasteiger partial charge in [-0.1, -0.05) is 17.7 Å². The van der Waals surface area contributed by atoms with E-state index in [9.17, 15) is 4.79 Å². The zero-order valence-corrected chi connectivity index (χ0v) is 9.13. The number of fused-ring (bicyclic) bond motifs is 1. The van der Waals surface area contributed by atoms with E-state index in [1.54, 1.807) is 0 Å². The first-order chi connectivity index (χ1) is 7.06. The van der Waals surface area contributed by atoms with E-state index in [0.717, 1.165) is 23.2 Å². The third kappa shape index (κ3) is 2.02. The van der Waals surface area contributed by atoms with Crippen LogP contribution in [0.3, 0.4) is 0 Å². The number of rotatable bonds is 2. The summed E-state index contributed by atoms with van der Waals surface area (Å²) < 4.78 is 0. The van der Waals surface area contributed by atoms with Crippen LogP contribution in [-0.2, 0) is 17.6 Å². The minimum atomic E-state index is 0.0847. The number of anilines is 1. The largest absolute Gasteiger partial charge is 0.328 e. The van der Waals surface area contributed by atoms with Gasteiger partial charge in [-0.25, -0.2) is 0 Å². The Bertz CT molecular complexity index is 410. The molecule has 2 rings (SSSR count). The molecule has 3 nitrogen and oxygen atoms in total. The third-order valence-electron chi connectivity index (χ3n) is 2.60. The molecule has 3 heteroatoms. The Hall–Kier alpha value is -1.35. The first kappa shape index (κ1) is 10.2. The number of nitrogens with one attached hydrogen (secondary N) is 1. The number of carbonyl (C=O) groups is 1. The second-order valence-corrected chi connectivity index (χ2v) is 4.36. The lowest BCUT2D eigenvalue weighted by atomic mass is 9.99. The second-order valence-electron chi connectivity index (χ2n) is 4.36. The van der Waals surface area contributed by atoms with Crippen LogP contribution in [0.1, 0.15) is 23.6 Å². The smallest absolute Gasteiger partial charge is 0.228 e. The van der Waals surface area contributed by atoms with Crippen molar-refractivity contribution >= 4 is 11.6 Å². The number of aryl methyl sites for hydroxylation is 1. The predicted octanol–water partition coefficient (Wildman–Crippen LogP) is 1.38. The van der Waals surface area contributed by atoms with Crippen LogP contribution in [-0.4, -0.2) is 11.9 Å². The zero-order chi connectivity index (χ0) is 11.0. The van der Waals surface area contributed by atoms with Crippen molar-refractivity contribution in [2.24, 2.45) is 5.73 Å². The van der Waals surface area contributed by atoms with Gasteiger partial charge in [0.15, 0.2) is 0 Å². The summed E-state index contributed by atoms with van der Waals surface area (Å²) in [4.78, 5) is 11.3. The summed E-state index contributed by atoms with van der Waals surface area (Å²) in [7, 11) is 0. The van der Waals surface area contributed by atoms with Crippen molar-refractivity contribution in [2.75, 3.05) is 5.32 Å². The average molecular weight is 204 g/mol. The molecule has 0 aliphatic carbocycles. The highest BCUT2D eigenvalue weighted by molar-refractivity contribution is 6.00. The van der Waals surface area contributed by atoms with Gasteiger partial charge in [0.1, 0.15) is 0 Å². The Labute approximate surface area is 89.7 Å². The summed E-state index contributed by atoms with van der Waals surface area (Å²) >= 11 is 0. The van der Waals surface area contributed by atoms with Gasteiger partial charge < -0.3 is 11.1 Å². The van der Waals surface area contributed by atoms with Crippen LogP contribution >= 0.6 is 0 Å². The number of hydrogen-bond donors (Lipinski definition) is 2. The maximum atomic E-state index is 11.3. The molecule has 1 amide bonds. The Balaban J connectivity index is 2.42. The summed E-state index contributed by atoms with van der Waals surface area (Å²) in [6, 6.07) is 4.29. The lowest BCUT2D eigenvalue weighted by Crippen LogP contribution is -2.18. The van der Waals surface area contributed by atoms with Gasteiger partial charge in [0.25, 0.3) is 0 Å². The highest BCUT2D eigenvalue weighted by Gasteiger charge is 2.21. The minimum absolute atomic E-state index is 0.0847. The van der Waals surface area contributed by atoms with Gasteiger partial charge in [0, 0.05) is 11.7 Å². The fraction of sp³-hybridized carbons (Fsp3) is 0.417. The van der Waals surface area contributed by atoms with Crippen molar-refractivity contribution in [3.8, 4) is 0 Å². The van der Waals surface area contributed by atoms with E-state index in [1.165, 1.54) is 5.56 Å². The molecular weight excluding hydrogens is 188 g/mol. The van der Waals surface area contributed by atoms with Gasteiger partial charge >= 0.3 is 0 Å². The Morgan fingerprint density at radius 1 is 1.53 bits per heavy atom. The van der Waals surface area contributed by atoms with Gasteiger partial charge in [-0.15, -0.1) is 0 Å². The molecule has 0 saturated carbocycles. The molecule has 1 heterocycles. The van der Waals surface area contributed by atoms with Crippen LogP contribution in [0, 0.1) is 6.92 Å². The average Bonchev–Trinajstić information content (AvgIpc) is 2.44. The van der Waals surface area contributed by atoms with Crippen LogP contribution in [0.15, 0.2) is 12.1 Å². The topological polar surface area (TPSA) is 55.1 Å². The maximum Gasteiger partial charge on any atom is 0.228 e. The molecule has 80 valence electrons. The van der Waals surface area contributed by atoms with E-state index < -0.39 is 0 Å². The Morgan fingerprint density at radius 2 is 2.27 bits per heavy atom. The summed E-state index contributed by atoms with van der Waals surface area (Å²) in [6.07, 6.45) is 1.31. The van der Waals surface area contributed by atoms with Crippen molar-refractivity contribution in [2.45, 2.75) is 32.7 Å². The van der Waals surface area contributed by atoms with Crippen LogP contribution in [0.5, 0.6) is 0 Å². The number of nitrogens with two attached hydrogens (primary N) is 1. The normalized spacial score (nSPS) is 16.1. The second kappa shape index (κ2) is 3.66. The molecule has 1 aromatic carbocycles. The highest BCUT2D eigenvalue weighted by Crippen LogP contribution is 2.29. The summed E-state index contributed by atoms with van der Waals surface area (Å²) in [5, 5.41) is 2.90. The maximum absolute atomic E-state index is 11.3. The fourth-order valence-corrected chi connectivity index (χ4v) is 2.11. The summed E-state index contributed by atoms with van der Waals surface area (Å²) in [5.41, 5.74) is 10.2. The molecule has 0 fully saturated rings. The summed E-state index contributed by atoms with van der Waals surface area (Å²) in [6.45, 7) is 4.03. The number of hydrogen-bond acceptors (Lipinski definition) is 2. The zero-order valence-electron chi connectivity index (χ0n) is 9.13. The fourth-order valence-electron chi connectivity index (χ4n) is 2.11. The van der Waals surface area contributed by atoms with Crippen molar-refractivity contribution < 1.29 is 4.79 Å². The van der Waals surface area contributed by atoms with Crippen molar-refractivity contribution in [3.05, 3.63) is 28.8 Å². The molecular formula is C12H16N2O. The standard InChI is InChI=1S/C12H16N2O/c1-7-3-9(5-8(2)13)12-10(4-7)6-11(15)14-12/h3-4,8H,5-6,13H2,1-2H3,(H,14,15). The van der Waals surface area contributed by atoms with Crippen molar-refractivity contribution in [3.63, 3.8) is 0 Å². The van der Waals surface area contributed by atoms with E-state index in [1.807, 2.05) is 13.8 Å². The molecule has 1 aliphatic heterocycles. The molecule has 1 aliphatic rings. The third-order valence-corrected chi connectivity index (χ3v) is 2.60. The highest BCUT2D eigenvalue weighted by atomic mass is 16.1. The van der Waals surface area contributed by atoms with Gasteiger partial charge in [-0.05, 0) is 31.4 Å². The van der Waals surface area contributed by atoms with Crippen molar-refractivity contribution in [1.82, 2.24) is 0 Å². The van der Waals surface area contributed by atoms with Gasteiger partial charge in [-0.2, -0.15) is 0 Å². The summed E-state index contributed by atoms with van der Waals surface area (Å²) in [5.74, 6) is 0.0847. The van der Waals surface area contributed by atoms with E-state index in [2.05, 4.69) is 17.4 Å². The molecule has 1 aromatic rings. The number of benzene rings is 1. The van der Waals surface area contributed by atoms with Gasteiger partial charge in [0.05, 0.1) is 6.42 Å². The minimum Gasteiger partial charge on any atom is -0.328 e. The molecule has 0 bridgehead atoms. The molecule has 0 aromatic heterocycles. The first-order valence-electron chi connectivity index (χ1n) is 5.24. The lowest BCUT2D eigenvalue weighted by molar-refractivity contribution is -0.115. The van der Waals surface area contributed by atoms with Crippen LogP contribution in [0.2, 0.25) is 0 Å². The Morgan fingerprint density at radius 3 is 2.93 bits per heavy atom. The number of amides is 1. The molecule has 0 saturated heterocycles. The predicted molar refractivity (Wildman–Crippen MR) is 60.9 cm³/mol. The monoisotopic (exact) mass is 204 g/mol. The molecule has 3 N–H and O–H groups in total. The Kier molecular flexibility index (Phi) is 2.49. The van der Waals surface area contributed by atoms with Gasteiger partial charge in [-0.3, -0.25) is 4.79 Å². The first-order valence-corrected chi connectivity index (χ1v) is 5.24.